The summed E-state index contributed by atoms with van der Waals surface area (Å²) in [6, 6.07) is 10.2. The number of oxazole rings is 1. The van der Waals surface area contributed by atoms with E-state index in [1.165, 1.54) is 6.07 Å². The first kappa shape index (κ1) is 17.1. The van der Waals surface area contributed by atoms with Crippen LogP contribution in [0.5, 0.6) is 0 Å². The molecule has 1 aromatic heterocycles. The molecule has 3 rings (SSSR count). The normalized spacial score (nSPS) is 11.7. The summed E-state index contributed by atoms with van der Waals surface area (Å²) in [5.41, 5.74) is 2.38. The molecule has 0 fully saturated rings. The molecule has 0 aliphatic heterocycles. The minimum atomic E-state index is -0.425. The Hall–Kier alpha value is -2.69. The van der Waals surface area contributed by atoms with Crippen molar-refractivity contribution in [2.45, 2.75) is 39.5 Å². The molecule has 0 aliphatic rings. The molecule has 0 spiro atoms. The Labute approximate surface area is 146 Å². The molecule has 2 aromatic carbocycles. The molecule has 0 aliphatic carbocycles. The number of benzene rings is 2. The highest BCUT2D eigenvalue weighted by atomic mass is 19.1. The van der Waals surface area contributed by atoms with Crippen molar-refractivity contribution in [3.05, 3.63) is 47.8 Å². The fourth-order valence-electron chi connectivity index (χ4n) is 2.89. The molecule has 0 unspecified atom stereocenters. The van der Waals surface area contributed by atoms with Gasteiger partial charge in [-0.25, -0.2) is 9.37 Å². The van der Waals surface area contributed by atoms with Gasteiger partial charge in [0.2, 0.25) is 11.8 Å². The zero-order chi connectivity index (χ0) is 18.2. The Balaban J connectivity index is 2.27. The number of para-hydroxylation sites is 2. The zero-order valence-corrected chi connectivity index (χ0v) is 14.8. The molecule has 1 N–H and O–H groups in total. The third-order valence-electron chi connectivity index (χ3n) is 4.01. The zero-order valence-electron chi connectivity index (χ0n) is 14.8. The van der Waals surface area contributed by atoms with Crippen LogP contribution in [0.2, 0.25) is 0 Å². The Morgan fingerprint density at radius 3 is 2.56 bits per heavy atom. The number of fused-ring (bicyclic) bond motifs is 1. The number of halogens is 1. The van der Waals surface area contributed by atoms with Crippen molar-refractivity contribution in [1.82, 2.24) is 4.98 Å². The highest BCUT2D eigenvalue weighted by Crippen LogP contribution is 2.40. The smallest absolute Gasteiger partial charge is 0.230 e. The van der Waals surface area contributed by atoms with Gasteiger partial charge < -0.3 is 9.73 Å². The molecule has 0 saturated carbocycles. The van der Waals surface area contributed by atoms with Crippen LogP contribution >= 0.6 is 0 Å². The lowest BCUT2D eigenvalue weighted by molar-refractivity contribution is -0.115. The first-order chi connectivity index (χ1) is 11.8. The Morgan fingerprint density at radius 2 is 1.92 bits per heavy atom. The van der Waals surface area contributed by atoms with E-state index in [-0.39, 0.29) is 17.4 Å². The molecule has 0 radical (unpaired) electrons. The predicted molar refractivity (Wildman–Crippen MR) is 97.0 cm³/mol. The fourth-order valence-corrected chi connectivity index (χ4v) is 2.89. The van der Waals surface area contributed by atoms with E-state index in [4.69, 9.17) is 4.42 Å². The van der Waals surface area contributed by atoms with Gasteiger partial charge >= 0.3 is 0 Å². The van der Waals surface area contributed by atoms with Gasteiger partial charge in [0.25, 0.3) is 0 Å². The fraction of sp³-hybridized carbons (Fsp3) is 0.300. The number of anilines is 1. The Bertz CT molecular complexity index is 906. The van der Waals surface area contributed by atoms with Gasteiger partial charge in [-0.3, -0.25) is 4.79 Å². The van der Waals surface area contributed by atoms with Crippen LogP contribution in [0.1, 0.15) is 39.7 Å². The van der Waals surface area contributed by atoms with Crippen LogP contribution in [0.15, 0.2) is 40.8 Å². The summed E-state index contributed by atoms with van der Waals surface area (Å²) >= 11 is 0. The number of carbonyl (C=O) groups is 1. The summed E-state index contributed by atoms with van der Waals surface area (Å²) in [6.07, 6.45) is 0.346. The lowest BCUT2D eigenvalue weighted by Gasteiger charge is -2.26. The van der Waals surface area contributed by atoms with Crippen molar-refractivity contribution < 1.29 is 13.6 Å². The Kier molecular flexibility index (Phi) is 4.33. The average molecular weight is 340 g/mol. The molecule has 130 valence electrons. The number of carbonyl (C=O) groups excluding carboxylic acids is 1. The number of nitrogens with zero attached hydrogens (tertiary/aromatic N) is 1. The van der Waals surface area contributed by atoms with E-state index in [1.807, 2.05) is 39.0 Å². The lowest BCUT2D eigenvalue weighted by atomic mass is 9.82. The van der Waals surface area contributed by atoms with E-state index >= 15 is 0 Å². The van der Waals surface area contributed by atoms with Crippen molar-refractivity contribution >= 4 is 22.7 Å². The molecule has 0 saturated heterocycles. The van der Waals surface area contributed by atoms with Crippen molar-refractivity contribution in [1.29, 1.82) is 0 Å². The molecule has 0 atom stereocenters. The summed E-state index contributed by atoms with van der Waals surface area (Å²) < 4.78 is 20.6. The molecular weight excluding hydrogens is 319 g/mol. The lowest BCUT2D eigenvalue weighted by Crippen LogP contribution is -2.20. The number of hydrogen-bond donors (Lipinski definition) is 1. The topological polar surface area (TPSA) is 55.1 Å². The van der Waals surface area contributed by atoms with Crippen molar-refractivity contribution in [3.8, 4) is 11.5 Å². The quantitative estimate of drug-likeness (QED) is 0.706. The highest BCUT2D eigenvalue weighted by molar-refractivity contribution is 5.93. The number of hydrogen-bond acceptors (Lipinski definition) is 3. The van der Waals surface area contributed by atoms with Gasteiger partial charge in [0.15, 0.2) is 5.58 Å². The van der Waals surface area contributed by atoms with Crippen LogP contribution in [-0.4, -0.2) is 10.9 Å². The molecule has 3 aromatic rings. The molecular formula is C20H21FN2O2. The molecule has 25 heavy (non-hydrogen) atoms. The summed E-state index contributed by atoms with van der Waals surface area (Å²) in [6.45, 7) is 7.68. The van der Waals surface area contributed by atoms with Crippen molar-refractivity contribution in [2.24, 2.45) is 0 Å². The van der Waals surface area contributed by atoms with Gasteiger partial charge in [0, 0.05) is 12.1 Å². The van der Waals surface area contributed by atoms with Crippen molar-refractivity contribution in [3.63, 3.8) is 0 Å². The average Bonchev–Trinajstić information content (AvgIpc) is 2.98. The third kappa shape index (κ3) is 3.27. The second-order valence-corrected chi connectivity index (χ2v) is 6.98. The highest BCUT2D eigenvalue weighted by Gasteiger charge is 2.28. The Morgan fingerprint density at radius 1 is 1.20 bits per heavy atom. The summed E-state index contributed by atoms with van der Waals surface area (Å²) in [7, 11) is 0. The molecule has 5 heteroatoms. The SMILES string of the molecule is CCC(=O)Nc1ccc(F)c(-c2nc3ccccc3o2)c1C(C)(C)C. The standard InChI is InChI=1S/C20H21FN2O2/c1-5-16(24)22-14-11-10-12(21)17(18(14)20(2,3)4)19-23-13-8-6-7-9-15(13)25-19/h6-11H,5H2,1-4H3,(H,22,24). The van der Waals surface area contributed by atoms with Gasteiger partial charge in [-0.2, -0.15) is 0 Å². The monoisotopic (exact) mass is 340 g/mol. The summed E-state index contributed by atoms with van der Waals surface area (Å²) in [4.78, 5) is 16.3. The van der Waals surface area contributed by atoms with Crippen molar-refractivity contribution in [2.75, 3.05) is 5.32 Å². The largest absolute Gasteiger partial charge is 0.436 e. The molecule has 4 nitrogen and oxygen atoms in total. The minimum Gasteiger partial charge on any atom is -0.436 e. The predicted octanol–water partition coefficient (Wildman–Crippen LogP) is 5.28. The molecule has 0 bridgehead atoms. The van der Waals surface area contributed by atoms with E-state index in [9.17, 15) is 9.18 Å². The van der Waals surface area contributed by atoms with E-state index < -0.39 is 11.2 Å². The first-order valence-corrected chi connectivity index (χ1v) is 8.30. The van der Waals surface area contributed by atoms with Gasteiger partial charge in [-0.05, 0) is 35.2 Å². The van der Waals surface area contributed by atoms with E-state index in [1.54, 1.807) is 19.1 Å². The summed E-state index contributed by atoms with van der Waals surface area (Å²) in [5.74, 6) is -0.331. The third-order valence-corrected chi connectivity index (χ3v) is 4.01. The number of nitrogens with one attached hydrogen (secondary N) is 1. The number of aromatic nitrogens is 1. The van der Waals surface area contributed by atoms with E-state index in [0.717, 1.165) is 0 Å². The van der Waals surface area contributed by atoms with E-state index in [2.05, 4.69) is 10.3 Å². The maximum atomic E-state index is 14.8. The molecule has 1 amide bonds. The number of rotatable bonds is 3. The van der Waals surface area contributed by atoms with Gasteiger partial charge in [-0.15, -0.1) is 0 Å². The van der Waals surface area contributed by atoms with Crippen LogP contribution in [0, 0.1) is 5.82 Å². The van der Waals surface area contributed by atoms with Gasteiger partial charge in [0.05, 0.1) is 5.56 Å². The van der Waals surface area contributed by atoms with Crippen LogP contribution in [0.25, 0.3) is 22.6 Å². The second-order valence-electron chi connectivity index (χ2n) is 6.98. The maximum Gasteiger partial charge on any atom is 0.230 e. The maximum absolute atomic E-state index is 14.8. The van der Waals surface area contributed by atoms with E-state index in [0.29, 0.717) is 28.8 Å². The van der Waals surface area contributed by atoms with Crippen LogP contribution in [0.3, 0.4) is 0 Å². The van der Waals surface area contributed by atoms with Gasteiger partial charge in [-0.1, -0.05) is 39.8 Å². The van der Waals surface area contributed by atoms with Crippen LogP contribution < -0.4 is 5.32 Å². The first-order valence-electron chi connectivity index (χ1n) is 8.30. The van der Waals surface area contributed by atoms with Crippen LogP contribution in [0.4, 0.5) is 10.1 Å². The van der Waals surface area contributed by atoms with Crippen LogP contribution in [-0.2, 0) is 10.2 Å². The second kappa shape index (κ2) is 6.31. The number of amides is 1. The minimum absolute atomic E-state index is 0.124. The van der Waals surface area contributed by atoms with Gasteiger partial charge in [0.1, 0.15) is 11.3 Å². The summed E-state index contributed by atoms with van der Waals surface area (Å²) in [5, 5.41) is 2.86. The molecule has 1 heterocycles.